The van der Waals surface area contributed by atoms with Crippen LogP contribution >= 0.6 is 0 Å². The number of nitrogens with zero attached hydrogens (tertiary/aromatic N) is 1. The van der Waals surface area contributed by atoms with Crippen LogP contribution in [0.25, 0.3) is 0 Å². The van der Waals surface area contributed by atoms with Gasteiger partial charge in [0.1, 0.15) is 0 Å². The Morgan fingerprint density at radius 2 is 1.61 bits per heavy atom. The summed E-state index contributed by atoms with van der Waals surface area (Å²) < 4.78 is 37.9. The van der Waals surface area contributed by atoms with E-state index >= 15 is 0 Å². The summed E-state index contributed by atoms with van der Waals surface area (Å²) in [4.78, 5) is 24.5. The van der Waals surface area contributed by atoms with E-state index in [1.54, 1.807) is 0 Å². The Bertz CT molecular complexity index is 852. The van der Waals surface area contributed by atoms with Crippen LogP contribution in [0.2, 0.25) is 0 Å². The number of sulfonamides is 1. The Kier molecular flexibility index (Phi) is 8.07. The van der Waals surface area contributed by atoms with Crippen molar-refractivity contribution in [1.29, 1.82) is 0 Å². The number of esters is 1. The maximum atomic E-state index is 12.9. The van der Waals surface area contributed by atoms with Crippen LogP contribution in [0.15, 0.2) is 29.2 Å². The molecule has 2 aliphatic rings. The third kappa shape index (κ3) is 6.51. The highest BCUT2D eigenvalue weighted by Gasteiger charge is 2.32. The highest BCUT2D eigenvalue weighted by atomic mass is 32.2. The Morgan fingerprint density at radius 3 is 2.19 bits per heavy atom. The minimum Gasteiger partial charge on any atom is -0.452 e. The Balaban J connectivity index is 1.54. The summed E-state index contributed by atoms with van der Waals surface area (Å²) >= 11 is 0. The van der Waals surface area contributed by atoms with E-state index in [4.69, 9.17) is 9.47 Å². The van der Waals surface area contributed by atoms with Crippen molar-refractivity contribution in [1.82, 2.24) is 9.62 Å². The number of nitrogens with one attached hydrogen (secondary N) is 1. The number of morpholine rings is 1. The van der Waals surface area contributed by atoms with Crippen molar-refractivity contribution in [2.45, 2.75) is 75.5 Å². The lowest BCUT2D eigenvalue weighted by atomic mass is 10.1. The fourth-order valence-electron chi connectivity index (χ4n) is 4.15. The smallest absolute Gasteiger partial charge is 0.338 e. The molecule has 1 N–H and O–H groups in total. The van der Waals surface area contributed by atoms with E-state index in [0.29, 0.717) is 0 Å². The molecule has 1 aliphatic carbocycles. The molecule has 1 saturated heterocycles. The molecule has 1 aromatic carbocycles. The van der Waals surface area contributed by atoms with Gasteiger partial charge in [0, 0.05) is 19.1 Å². The van der Waals surface area contributed by atoms with Crippen molar-refractivity contribution < 1.29 is 27.5 Å². The molecule has 0 aromatic heterocycles. The van der Waals surface area contributed by atoms with E-state index in [9.17, 15) is 18.0 Å². The Hall–Kier alpha value is -1.97. The zero-order valence-electron chi connectivity index (χ0n) is 18.2. The van der Waals surface area contributed by atoms with E-state index in [1.807, 2.05) is 13.8 Å². The second-order valence-electron chi connectivity index (χ2n) is 8.44. The molecule has 31 heavy (non-hydrogen) atoms. The van der Waals surface area contributed by atoms with Gasteiger partial charge in [0.15, 0.2) is 6.61 Å². The molecule has 2 unspecified atom stereocenters. The summed E-state index contributed by atoms with van der Waals surface area (Å²) in [6.07, 6.45) is 6.12. The molecule has 9 heteroatoms. The summed E-state index contributed by atoms with van der Waals surface area (Å²) in [5.41, 5.74) is 0.199. The molecule has 0 radical (unpaired) electrons. The summed E-state index contributed by atoms with van der Waals surface area (Å²) in [6, 6.07) is 5.74. The number of carbonyl (C=O) groups is 2. The van der Waals surface area contributed by atoms with Gasteiger partial charge in [-0.25, -0.2) is 13.2 Å². The van der Waals surface area contributed by atoms with Crippen LogP contribution < -0.4 is 5.32 Å². The van der Waals surface area contributed by atoms with Crippen molar-refractivity contribution in [2.75, 3.05) is 19.7 Å². The van der Waals surface area contributed by atoms with Crippen molar-refractivity contribution >= 4 is 21.9 Å². The van der Waals surface area contributed by atoms with Crippen LogP contribution in [0.3, 0.4) is 0 Å². The molecule has 1 aliphatic heterocycles. The van der Waals surface area contributed by atoms with Gasteiger partial charge in [-0.3, -0.25) is 4.79 Å². The fraction of sp³-hybridized carbons (Fsp3) is 0.636. The average molecular weight is 453 g/mol. The summed E-state index contributed by atoms with van der Waals surface area (Å²) in [7, 11) is -3.68. The first-order valence-electron chi connectivity index (χ1n) is 11.0. The van der Waals surface area contributed by atoms with Crippen molar-refractivity contribution in [3.05, 3.63) is 29.8 Å². The molecule has 3 rings (SSSR count). The molecule has 172 valence electrons. The fourth-order valence-corrected chi connectivity index (χ4v) is 5.74. The molecular weight excluding hydrogens is 420 g/mol. The minimum absolute atomic E-state index is 0.108. The number of rotatable bonds is 6. The van der Waals surface area contributed by atoms with Gasteiger partial charge in [0.25, 0.3) is 5.91 Å². The van der Waals surface area contributed by atoms with Gasteiger partial charge in [-0.05, 0) is 51.0 Å². The van der Waals surface area contributed by atoms with Gasteiger partial charge in [-0.15, -0.1) is 0 Å². The van der Waals surface area contributed by atoms with Crippen molar-refractivity contribution in [3.8, 4) is 0 Å². The molecule has 1 heterocycles. The first-order chi connectivity index (χ1) is 14.8. The van der Waals surface area contributed by atoms with Gasteiger partial charge >= 0.3 is 5.97 Å². The van der Waals surface area contributed by atoms with Gasteiger partial charge in [-0.2, -0.15) is 4.31 Å². The molecule has 2 atom stereocenters. The standard InChI is InChI=1S/C22H32N2O6S/c1-16-13-24(14-17(2)30-16)31(27,28)20-11-9-18(10-12-20)22(26)29-15-21(25)23-19-7-5-3-4-6-8-19/h9-12,16-17,19H,3-8,13-15H2,1-2H3,(H,23,25). The van der Waals surface area contributed by atoms with Gasteiger partial charge < -0.3 is 14.8 Å². The van der Waals surface area contributed by atoms with Gasteiger partial charge in [-0.1, -0.05) is 25.7 Å². The molecule has 0 spiro atoms. The number of carbonyl (C=O) groups excluding carboxylic acids is 2. The quantitative estimate of drug-likeness (QED) is 0.526. The van der Waals surface area contributed by atoms with Crippen LogP contribution in [0, 0.1) is 0 Å². The zero-order chi connectivity index (χ0) is 22.4. The van der Waals surface area contributed by atoms with Crippen LogP contribution in [0.4, 0.5) is 0 Å². The molecule has 1 aromatic rings. The third-order valence-corrected chi connectivity index (χ3v) is 7.51. The second kappa shape index (κ2) is 10.6. The zero-order valence-corrected chi connectivity index (χ0v) is 19.0. The van der Waals surface area contributed by atoms with Crippen LogP contribution in [0.5, 0.6) is 0 Å². The lowest BCUT2D eigenvalue weighted by Crippen LogP contribution is -2.48. The number of hydrogen-bond donors (Lipinski definition) is 1. The average Bonchev–Trinajstić information content (AvgIpc) is 3.00. The molecule has 2 fully saturated rings. The molecule has 1 saturated carbocycles. The lowest BCUT2D eigenvalue weighted by Gasteiger charge is -2.34. The van der Waals surface area contributed by atoms with E-state index in [0.717, 1.165) is 25.7 Å². The van der Waals surface area contributed by atoms with E-state index < -0.39 is 16.0 Å². The normalized spacial score (nSPS) is 23.7. The van der Waals surface area contributed by atoms with E-state index in [2.05, 4.69) is 5.32 Å². The SMILES string of the molecule is CC1CN(S(=O)(=O)c2ccc(C(=O)OCC(=O)NC3CCCCCC3)cc2)CC(C)O1. The van der Waals surface area contributed by atoms with Gasteiger partial charge in [0.05, 0.1) is 22.7 Å². The summed E-state index contributed by atoms with van der Waals surface area (Å²) in [5, 5.41) is 2.93. The molecule has 1 amide bonds. The lowest BCUT2D eigenvalue weighted by molar-refractivity contribution is -0.125. The summed E-state index contributed by atoms with van der Waals surface area (Å²) in [6.45, 7) is 3.89. The monoisotopic (exact) mass is 452 g/mol. The maximum Gasteiger partial charge on any atom is 0.338 e. The molecule has 8 nitrogen and oxygen atoms in total. The third-order valence-electron chi connectivity index (χ3n) is 5.67. The number of hydrogen-bond acceptors (Lipinski definition) is 6. The highest BCUT2D eigenvalue weighted by Crippen LogP contribution is 2.22. The predicted molar refractivity (Wildman–Crippen MR) is 115 cm³/mol. The van der Waals surface area contributed by atoms with Crippen molar-refractivity contribution in [3.63, 3.8) is 0 Å². The predicted octanol–water partition coefficient (Wildman–Crippen LogP) is 2.48. The van der Waals surface area contributed by atoms with E-state index in [-0.39, 0.29) is 54.3 Å². The minimum atomic E-state index is -3.68. The molecule has 0 bridgehead atoms. The Labute approximate surface area is 184 Å². The van der Waals surface area contributed by atoms with Crippen LogP contribution in [0.1, 0.15) is 62.7 Å². The van der Waals surface area contributed by atoms with Crippen LogP contribution in [-0.2, 0) is 24.3 Å². The van der Waals surface area contributed by atoms with Crippen molar-refractivity contribution in [2.24, 2.45) is 0 Å². The number of ether oxygens (including phenoxy) is 2. The Morgan fingerprint density at radius 1 is 1.03 bits per heavy atom. The first kappa shape index (κ1) is 23.7. The molecular formula is C22H32N2O6S. The largest absolute Gasteiger partial charge is 0.452 e. The second-order valence-corrected chi connectivity index (χ2v) is 10.4. The summed E-state index contributed by atoms with van der Waals surface area (Å²) in [5.74, 6) is -0.969. The maximum absolute atomic E-state index is 12.9. The number of benzene rings is 1. The van der Waals surface area contributed by atoms with Crippen LogP contribution in [-0.4, -0.2) is 62.5 Å². The van der Waals surface area contributed by atoms with E-state index in [1.165, 1.54) is 41.4 Å². The first-order valence-corrected chi connectivity index (χ1v) is 12.4. The highest BCUT2D eigenvalue weighted by molar-refractivity contribution is 7.89. The topological polar surface area (TPSA) is 102 Å². The number of amides is 1. The van der Waals surface area contributed by atoms with Gasteiger partial charge in [0.2, 0.25) is 10.0 Å².